The van der Waals surface area contributed by atoms with Gasteiger partial charge in [0.05, 0.1) is 29.3 Å². The van der Waals surface area contributed by atoms with Gasteiger partial charge in [0.25, 0.3) is 0 Å². The number of ether oxygens (including phenoxy) is 2. The highest BCUT2D eigenvalue weighted by molar-refractivity contribution is 6.33. The Bertz CT molecular complexity index is 493. The third-order valence-corrected chi connectivity index (χ3v) is 2.46. The average Bonchev–Trinajstić information content (AvgIpc) is 2.34. The lowest BCUT2D eigenvalue weighted by Gasteiger charge is -2.07. The molecule has 0 atom stereocenters. The zero-order chi connectivity index (χ0) is 14.4. The van der Waals surface area contributed by atoms with Crippen molar-refractivity contribution in [3.8, 4) is 0 Å². The van der Waals surface area contributed by atoms with Crippen molar-refractivity contribution < 1.29 is 23.5 Å². The molecule has 104 valence electrons. The van der Waals surface area contributed by atoms with Gasteiger partial charge in [-0.1, -0.05) is 11.6 Å². The first-order chi connectivity index (χ1) is 8.95. The van der Waals surface area contributed by atoms with Crippen LogP contribution in [-0.2, 0) is 14.3 Å². The maximum atomic E-state index is 13.0. The molecule has 0 saturated carbocycles. The van der Waals surface area contributed by atoms with Crippen LogP contribution >= 0.6 is 11.6 Å². The molecule has 0 aromatic heterocycles. The summed E-state index contributed by atoms with van der Waals surface area (Å²) in [5, 5.41) is -0.104. The molecule has 0 radical (unpaired) electrons. The first-order valence-corrected chi connectivity index (χ1v) is 5.90. The van der Waals surface area contributed by atoms with Gasteiger partial charge in [-0.2, -0.15) is 0 Å². The number of nitrogens with two attached hydrogens (primary N) is 1. The maximum absolute atomic E-state index is 13.0. The zero-order valence-corrected chi connectivity index (χ0v) is 11.0. The van der Waals surface area contributed by atoms with E-state index in [1.165, 1.54) is 0 Å². The van der Waals surface area contributed by atoms with Gasteiger partial charge in [0.15, 0.2) is 0 Å². The van der Waals surface area contributed by atoms with E-state index < -0.39 is 17.8 Å². The molecule has 5 nitrogen and oxygen atoms in total. The van der Waals surface area contributed by atoms with Crippen LogP contribution < -0.4 is 5.73 Å². The summed E-state index contributed by atoms with van der Waals surface area (Å²) in [5.41, 5.74) is 5.07. The fraction of sp³-hybridized carbons (Fsp3) is 0.333. The highest BCUT2D eigenvalue weighted by Crippen LogP contribution is 2.23. The molecular formula is C12H13ClFNO4. The third kappa shape index (κ3) is 4.40. The van der Waals surface area contributed by atoms with Gasteiger partial charge in [-0.3, -0.25) is 4.79 Å². The molecule has 0 saturated heterocycles. The van der Waals surface area contributed by atoms with Crippen molar-refractivity contribution in [3.05, 3.63) is 28.5 Å². The van der Waals surface area contributed by atoms with E-state index >= 15 is 0 Å². The van der Waals surface area contributed by atoms with Crippen LogP contribution in [0.2, 0.25) is 5.02 Å². The van der Waals surface area contributed by atoms with Crippen molar-refractivity contribution in [3.63, 3.8) is 0 Å². The summed E-state index contributed by atoms with van der Waals surface area (Å²) in [5.74, 6) is -1.96. The predicted molar refractivity (Wildman–Crippen MR) is 67.4 cm³/mol. The van der Waals surface area contributed by atoms with Crippen molar-refractivity contribution in [2.45, 2.75) is 13.3 Å². The molecule has 0 heterocycles. The molecule has 2 N–H and O–H groups in total. The lowest BCUT2D eigenvalue weighted by Crippen LogP contribution is -2.12. The van der Waals surface area contributed by atoms with Crippen LogP contribution in [0.15, 0.2) is 12.1 Å². The SMILES string of the molecule is CCOC(=O)CCOC(=O)c1cc(N)c(F)cc1Cl. The number of rotatable bonds is 5. The van der Waals surface area contributed by atoms with Crippen molar-refractivity contribution in [2.24, 2.45) is 0 Å². The second-order valence-electron chi connectivity index (χ2n) is 3.54. The Kier molecular flexibility index (Phi) is 5.57. The number of anilines is 1. The Morgan fingerprint density at radius 1 is 1.37 bits per heavy atom. The van der Waals surface area contributed by atoms with E-state index in [-0.39, 0.29) is 35.9 Å². The van der Waals surface area contributed by atoms with Crippen LogP contribution in [0.1, 0.15) is 23.7 Å². The smallest absolute Gasteiger partial charge is 0.339 e. The molecule has 1 aromatic rings. The molecule has 0 aliphatic carbocycles. The number of nitrogen functional groups attached to an aromatic ring is 1. The minimum absolute atomic E-state index is 0.0515. The van der Waals surface area contributed by atoms with Crippen LogP contribution in [-0.4, -0.2) is 25.2 Å². The van der Waals surface area contributed by atoms with Crippen molar-refractivity contribution in [1.29, 1.82) is 0 Å². The number of hydrogen-bond donors (Lipinski definition) is 1. The fourth-order valence-electron chi connectivity index (χ4n) is 1.26. The van der Waals surface area contributed by atoms with Crippen LogP contribution in [0.5, 0.6) is 0 Å². The highest BCUT2D eigenvalue weighted by Gasteiger charge is 2.15. The average molecular weight is 290 g/mol. The monoisotopic (exact) mass is 289 g/mol. The summed E-state index contributed by atoms with van der Waals surface area (Å²) in [6, 6.07) is 2.02. The summed E-state index contributed by atoms with van der Waals surface area (Å²) in [7, 11) is 0. The van der Waals surface area contributed by atoms with E-state index in [1.807, 2.05) is 0 Å². The van der Waals surface area contributed by atoms with Gasteiger partial charge < -0.3 is 15.2 Å². The number of halogens is 2. The topological polar surface area (TPSA) is 78.6 Å². The molecule has 0 spiro atoms. The Morgan fingerprint density at radius 2 is 2.05 bits per heavy atom. The standard InChI is InChI=1S/C12H13ClFNO4/c1-2-18-11(16)3-4-19-12(17)7-5-10(15)9(14)6-8(7)13/h5-6H,2-4,15H2,1H3. The van der Waals surface area contributed by atoms with E-state index in [1.54, 1.807) is 6.92 Å². The minimum Gasteiger partial charge on any atom is -0.466 e. The second-order valence-corrected chi connectivity index (χ2v) is 3.95. The van der Waals surface area contributed by atoms with Gasteiger partial charge in [-0.25, -0.2) is 9.18 Å². The van der Waals surface area contributed by atoms with Gasteiger partial charge >= 0.3 is 11.9 Å². The summed E-state index contributed by atoms with van der Waals surface area (Å²) < 4.78 is 22.5. The molecule has 0 bridgehead atoms. The summed E-state index contributed by atoms with van der Waals surface area (Å²) in [4.78, 5) is 22.6. The number of carbonyl (C=O) groups is 2. The van der Waals surface area contributed by atoms with Crippen LogP contribution in [0.25, 0.3) is 0 Å². The molecule has 0 aliphatic rings. The Labute approximate surface area is 114 Å². The lowest BCUT2D eigenvalue weighted by molar-refractivity contribution is -0.143. The lowest BCUT2D eigenvalue weighted by atomic mass is 10.2. The minimum atomic E-state index is -0.777. The van der Waals surface area contributed by atoms with Crippen LogP contribution in [0, 0.1) is 5.82 Å². The third-order valence-electron chi connectivity index (χ3n) is 2.15. The van der Waals surface area contributed by atoms with E-state index in [9.17, 15) is 14.0 Å². The molecule has 1 aromatic carbocycles. The van der Waals surface area contributed by atoms with E-state index in [0.29, 0.717) is 0 Å². The number of hydrogen-bond acceptors (Lipinski definition) is 5. The summed E-state index contributed by atoms with van der Waals surface area (Å²) in [6.07, 6.45) is -0.0616. The normalized spacial score (nSPS) is 10.1. The molecule has 0 aliphatic heterocycles. The van der Waals surface area contributed by atoms with E-state index in [4.69, 9.17) is 22.1 Å². The first-order valence-electron chi connectivity index (χ1n) is 5.53. The quantitative estimate of drug-likeness (QED) is 0.664. The zero-order valence-electron chi connectivity index (χ0n) is 10.2. The second kappa shape index (κ2) is 6.94. The van der Waals surface area contributed by atoms with Crippen LogP contribution in [0.3, 0.4) is 0 Å². The molecule has 0 unspecified atom stereocenters. The van der Waals surface area contributed by atoms with Crippen LogP contribution in [0.4, 0.5) is 10.1 Å². The molecule has 0 fully saturated rings. The first kappa shape index (κ1) is 15.2. The van der Waals surface area contributed by atoms with Crippen molar-refractivity contribution >= 4 is 29.2 Å². The maximum Gasteiger partial charge on any atom is 0.339 e. The van der Waals surface area contributed by atoms with Crippen molar-refractivity contribution in [2.75, 3.05) is 18.9 Å². The largest absolute Gasteiger partial charge is 0.466 e. The molecule has 7 heteroatoms. The summed E-state index contributed by atoms with van der Waals surface area (Å²) in [6.45, 7) is 1.78. The van der Waals surface area contributed by atoms with Gasteiger partial charge in [0.1, 0.15) is 12.4 Å². The molecular weight excluding hydrogens is 277 g/mol. The van der Waals surface area contributed by atoms with E-state index in [0.717, 1.165) is 12.1 Å². The number of esters is 2. The molecule has 1 rings (SSSR count). The molecule has 19 heavy (non-hydrogen) atoms. The van der Waals surface area contributed by atoms with Gasteiger partial charge in [0.2, 0.25) is 0 Å². The summed E-state index contributed by atoms with van der Waals surface area (Å²) >= 11 is 5.70. The number of carbonyl (C=O) groups excluding carboxylic acids is 2. The Balaban J connectivity index is 2.59. The van der Waals surface area contributed by atoms with Gasteiger partial charge in [0, 0.05) is 0 Å². The van der Waals surface area contributed by atoms with E-state index in [2.05, 4.69) is 4.74 Å². The fourth-order valence-corrected chi connectivity index (χ4v) is 1.49. The Morgan fingerprint density at radius 3 is 2.68 bits per heavy atom. The van der Waals surface area contributed by atoms with Gasteiger partial charge in [-0.05, 0) is 19.1 Å². The van der Waals surface area contributed by atoms with Crippen molar-refractivity contribution in [1.82, 2.24) is 0 Å². The Hall–Kier alpha value is -1.82. The number of benzene rings is 1. The van der Waals surface area contributed by atoms with Gasteiger partial charge in [-0.15, -0.1) is 0 Å². The highest BCUT2D eigenvalue weighted by atomic mass is 35.5. The molecule has 0 amide bonds. The predicted octanol–water partition coefficient (Wildman–Crippen LogP) is 2.17.